The summed E-state index contributed by atoms with van der Waals surface area (Å²) in [5.41, 5.74) is 3.66. The summed E-state index contributed by atoms with van der Waals surface area (Å²) in [4.78, 5) is 10.5. The number of halogens is 1. The van der Waals surface area contributed by atoms with Crippen LogP contribution in [0.15, 0.2) is 59.6 Å². The van der Waals surface area contributed by atoms with Crippen LogP contribution in [0.2, 0.25) is 0 Å². The van der Waals surface area contributed by atoms with Crippen LogP contribution in [0, 0.1) is 0 Å². The molecule has 2 aromatic rings. The van der Waals surface area contributed by atoms with Gasteiger partial charge in [0, 0.05) is 0 Å². The summed E-state index contributed by atoms with van der Waals surface area (Å²) in [6, 6.07) is 18.7. The molecule has 0 saturated heterocycles. The molecule has 132 valence electrons. The Morgan fingerprint density at radius 2 is 1.92 bits per heavy atom. The zero-order valence-electron chi connectivity index (χ0n) is 13.9. The van der Waals surface area contributed by atoms with Crippen LogP contribution in [-0.2, 0) is 22.8 Å². The lowest BCUT2D eigenvalue weighted by atomic mass is 9.99. The zero-order valence-corrected chi connectivity index (χ0v) is 16.3. The van der Waals surface area contributed by atoms with E-state index in [0.717, 1.165) is 24.6 Å². The van der Waals surface area contributed by atoms with Gasteiger partial charge >= 0.3 is 0 Å². The van der Waals surface area contributed by atoms with Crippen molar-refractivity contribution >= 4 is 29.9 Å². The van der Waals surface area contributed by atoms with Gasteiger partial charge in [-0.15, -0.1) is 24.0 Å². The number of ether oxygens (including phenoxy) is 1. The largest absolute Gasteiger partial charge is 0.374 e. The average molecular weight is 451 g/mol. The number of fused-ring (bicyclic) bond motifs is 1. The van der Waals surface area contributed by atoms with E-state index in [1.54, 1.807) is 0 Å². The van der Waals surface area contributed by atoms with E-state index in [9.17, 15) is 0 Å². The van der Waals surface area contributed by atoms with Crippen LogP contribution in [-0.4, -0.2) is 30.7 Å². The quantitative estimate of drug-likeness (QED) is 0.726. The van der Waals surface area contributed by atoms with Gasteiger partial charge in [-0.2, -0.15) is 0 Å². The Morgan fingerprint density at radius 3 is 2.80 bits per heavy atom. The Bertz CT molecular complexity index is 724. The minimum Gasteiger partial charge on any atom is -0.374 e. The van der Waals surface area contributed by atoms with Crippen molar-refractivity contribution in [2.75, 3.05) is 19.7 Å². The van der Waals surface area contributed by atoms with E-state index in [1.807, 2.05) is 29.3 Å². The third kappa shape index (κ3) is 4.31. The summed E-state index contributed by atoms with van der Waals surface area (Å²) >= 11 is 0. The van der Waals surface area contributed by atoms with Gasteiger partial charge in [0.05, 0.1) is 32.3 Å². The Morgan fingerprint density at radius 1 is 1.12 bits per heavy atom. The minimum atomic E-state index is 0. The molecular formula is C19H22IN3O2. The molecule has 0 amide bonds. The van der Waals surface area contributed by atoms with Gasteiger partial charge in [0.2, 0.25) is 5.96 Å². The standard InChI is InChI=1S/C19H21N3O2.HI/c1-2-6-15(7-3-1)12-24-22-11-10-20-19(22)21-18-14-23-13-16-8-4-5-9-17(16)18;/h1-9,18H,10-14H2,(H,20,21);1H. The Labute approximate surface area is 165 Å². The van der Waals surface area contributed by atoms with Crippen molar-refractivity contribution < 1.29 is 9.57 Å². The molecule has 0 bridgehead atoms. The fourth-order valence-electron chi connectivity index (χ4n) is 3.06. The van der Waals surface area contributed by atoms with E-state index in [0.29, 0.717) is 19.8 Å². The molecule has 2 heterocycles. The van der Waals surface area contributed by atoms with Crippen molar-refractivity contribution in [3.05, 3.63) is 71.3 Å². The average Bonchev–Trinajstić information content (AvgIpc) is 3.08. The number of hydrogen-bond acceptors (Lipinski definition) is 5. The SMILES string of the molecule is I.c1ccc(CON2CCN=C2NC2COCc3ccccc32)cc1. The second-order valence-corrected chi connectivity index (χ2v) is 5.98. The first-order chi connectivity index (χ1) is 11.9. The monoisotopic (exact) mass is 451 g/mol. The molecule has 2 aliphatic rings. The molecule has 1 unspecified atom stereocenters. The fraction of sp³-hybridized carbons (Fsp3) is 0.316. The topological polar surface area (TPSA) is 46.1 Å². The predicted octanol–water partition coefficient (Wildman–Crippen LogP) is 3.27. The molecule has 0 spiro atoms. The number of guanidine groups is 1. The number of nitrogens with one attached hydrogen (secondary N) is 1. The molecule has 25 heavy (non-hydrogen) atoms. The minimum absolute atomic E-state index is 0. The second-order valence-electron chi connectivity index (χ2n) is 5.98. The Hall–Kier alpha value is -1.64. The van der Waals surface area contributed by atoms with Gasteiger partial charge in [-0.1, -0.05) is 54.6 Å². The van der Waals surface area contributed by atoms with Crippen molar-refractivity contribution in [1.82, 2.24) is 10.4 Å². The highest BCUT2D eigenvalue weighted by Gasteiger charge is 2.25. The van der Waals surface area contributed by atoms with E-state index in [4.69, 9.17) is 9.57 Å². The van der Waals surface area contributed by atoms with Gasteiger partial charge in [0.1, 0.15) is 6.61 Å². The van der Waals surface area contributed by atoms with Gasteiger partial charge < -0.3 is 10.1 Å². The van der Waals surface area contributed by atoms with Crippen LogP contribution >= 0.6 is 24.0 Å². The zero-order chi connectivity index (χ0) is 16.2. The summed E-state index contributed by atoms with van der Waals surface area (Å²) in [5, 5.41) is 5.34. The van der Waals surface area contributed by atoms with E-state index >= 15 is 0 Å². The normalized spacial score (nSPS) is 19.0. The van der Waals surface area contributed by atoms with Crippen molar-refractivity contribution in [2.45, 2.75) is 19.3 Å². The maximum Gasteiger partial charge on any atom is 0.219 e. The number of hydrogen-bond donors (Lipinski definition) is 1. The Balaban J connectivity index is 0.00000182. The number of hydroxylamine groups is 2. The third-order valence-electron chi connectivity index (χ3n) is 4.31. The van der Waals surface area contributed by atoms with Crippen LogP contribution < -0.4 is 5.32 Å². The first kappa shape index (κ1) is 18.2. The summed E-state index contributed by atoms with van der Waals surface area (Å²) in [6.45, 7) is 3.37. The highest BCUT2D eigenvalue weighted by atomic mass is 127. The van der Waals surface area contributed by atoms with Crippen LogP contribution in [0.25, 0.3) is 0 Å². The van der Waals surface area contributed by atoms with Crippen LogP contribution in [0.3, 0.4) is 0 Å². The molecule has 0 aromatic heterocycles. The highest BCUT2D eigenvalue weighted by molar-refractivity contribution is 14.0. The van der Waals surface area contributed by atoms with Crippen molar-refractivity contribution in [2.24, 2.45) is 4.99 Å². The number of benzene rings is 2. The predicted molar refractivity (Wildman–Crippen MR) is 108 cm³/mol. The smallest absolute Gasteiger partial charge is 0.219 e. The number of aliphatic imine (C=N–C) groups is 1. The van der Waals surface area contributed by atoms with Crippen LogP contribution in [0.5, 0.6) is 0 Å². The van der Waals surface area contributed by atoms with Gasteiger partial charge in [-0.3, -0.25) is 4.84 Å². The first-order valence-electron chi connectivity index (χ1n) is 8.31. The Kier molecular flexibility index (Phi) is 6.28. The fourth-order valence-corrected chi connectivity index (χ4v) is 3.06. The molecule has 0 aliphatic carbocycles. The molecule has 2 aliphatic heterocycles. The maximum atomic E-state index is 5.93. The molecule has 1 atom stereocenters. The van der Waals surface area contributed by atoms with Crippen LogP contribution in [0.4, 0.5) is 0 Å². The van der Waals surface area contributed by atoms with Crippen molar-refractivity contribution in [3.63, 3.8) is 0 Å². The molecule has 6 heteroatoms. The lowest BCUT2D eigenvalue weighted by Gasteiger charge is -2.29. The summed E-state index contributed by atoms with van der Waals surface area (Å²) in [5.74, 6) is 0.788. The number of nitrogens with zero attached hydrogens (tertiary/aromatic N) is 2. The van der Waals surface area contributed by atoms with Gasteiger partial charge in [0.15, 0.2) is 0 Å². The molecule has 0 saturated carbocycles. The molecule has 4 rings (SSSR count). The lowest BCUT2D eigenvalue weighted by molar-refractivity contribution is -0.106. The first-order valence-corrected chi connectivity index (χ1v) is 8.31. The summed E-state index contributed by atoms with van der Waals surface area (Å²) < 4.78 is 5.71. The third-order valence-corrected chi connectivity index (χ3v) is 4.31. The van der Waals surface area contributed by atoms with Crippen molar-refractivity contribution in [3.8, 4) is 0 Å². The highest BCUT2D eigenvalue weighted by Crippen LogP contribution is 2.25. The van der Waals surface area contributed by atoms with E-state index < -0.39 is 0 Å². The van der Waals surface area contributed by atoms with Crippen molar-refractivity contribution in [1.29, 1.82) is 0 Å². The molecule has 2 aromatic carbocycles. The molecule has 1 N–H and O–H groups in total. The summed E-state index contributed by atoms with van der Waals surface area (Å²) in [6.07, 6.45) is 0. The molecule has 0 fully saturated rings. The van der Waals surface area contributed by atoms with E-state index in [2.05, 4.69) is 40.6 Å². The summed E-state index contributed by atoms with van der Waals surface area (Å²) in [7, 11) is 0. The lowest BCUT2D eigenvalue weighted by Crippen LogP contribution is -2.42. The molecule has 0 radical (unpaired) electrons. The van der Waals surface area contributed by atoms with E-state index in [-0.39, 0.29) is 30.0 Å². The molecule has 5 nitrogen and oxygen atoms in total. The van der Waals surface area contributed by atoms with Gasteiger partial charge in [0.25, 0.3) is 0 Å². The maximum absolute atomic E-state index is 5.93. The molecular weight excluding hydrogens is 429 g/mol. The van der Waals surface area contributed by atoms with E-state index in [1.165, 1.54) is 11.1 Å². The number of rotatable bonds is 4. The van der Waals surface area contributed by atoms with Gasteiger partial charge in [-0.05, 0) is 16.7 Å². The van der Waals surface area contributed by atoms with Gasteiger partial charge in [-0.25, -0.2) is 10.1 Å². The second kappa shape index (κ2) is 8.64. The van der Waals surface area contributed by atoms with Crippen LogP contribution in [0.1, 0.15) is 22.7 Å².